The van der Waals surface area contributed by atoms with Crippen LogP contribution in [0.25, 0.3) is 0 Å². The van der Waals surface area contributed by atoms with Gasteiger partial charge in [0.25, 0.3) is 5.91 Å². The number of benzene rings is 2. The van der Waals surface area contributed by atoms with Crippen molar-refractivity contribution in [1.82, 2.24) is 9.55 Å². The average molecular weight is 415 g/mol. The zero-order chi connectivity index (χ0) is 22.0. The normalized spacial score (nSPS) is 19.2. The van der Waals surface area contributed by atoms with Gasteiger partial charge in [0.15, 0.2) is 11.6 Å². The molecule has 3 aromatic rings. The molecule has 2 aromatic carbocycles. The van der Waals surface area contributed by atoms with E-state index in [2.05, 4.69) is 9.98 Å². The van der Waals surface area contributed by atoms with Crippen molar-refractivity contribution in [1.29, 1.82) is 0 Å². The number of aryl methyl sites for hydroxylation is 1. The second kappa shape index (κ2) is 8.30. The van der Waals surface area contributed by atoms with Crippen LogP contribution in [0.2, 0.25) is 0 Å². The molecule has 0 spiro atoms. The molecule has 2 heterocycles. The van der Waals surface area contributed by atoms with Crippen LogP contribution in [-0.4, -0.2) is 32.7 Å². The zero-order valence-corrected chi connectivity index (χ0v) is 17.9. The number of carbonyl (C=O) groups excluding carboxylic acids is 2. The van der Waals surface area contributed by atoms with E-state index in [1.165, 1.54) is 0 Å². The molecule has 0 saturated heterocycles. The van der Waals surface area contributed by atoms with E-state index in [1.807, 2.05) is 74.5 Å². The number of rotatable bonds is 7. The molecule has 0 aliphatic carbocycles. The van der Waals surface area contributed by atoms with Gasteiger partial charge in [-0.25, -0.2) is 4.98 Å². The lowest BCUT2D eigenvalue weighted by Gasteiger charge is -2.38. The second-order valence-corrected chi connectivity index (χ2v) is 8.09. The predicted molar refractivity (Wildman–Crippen MR) is 118 cm³/mol. The number of ether oxygens (including phenoxy) is 1. The van der Waals surface area contributed by atoms with Gasteiger partial charge in [-0.3, -0.25) is 9.59 Å². The van der Waals surface area contributed by atoms with E-state index < -0.39 is 11.5 Å². The third-order valence-corrected chi connectivity index (χ3v) is 5.86. The highest BCUT2D eigenvalue weighted by Gasteiger charge is 2.56. The van der Waals surface area contributed by atoms with Gasteiger partial charge in [0.2, 0.25) is 11.5 Å². The fourth-order valence-corrected chi connectivity index (χ4v) is 4.21. The molecule has 0 N–H and O–H groups in total. The highest BCUT2D eigenvalue weighted by molar-refractivity contribution is 6.10. The minimum absolute atomic E-state index is 0.0797. The Kier molecular flexibility index (Phi) is 5.55. The van der Waals surface area contributed by atoms with Crippen LogP contribution in [0.3, 0.4) is 0 Å². The molecule has 0 fully saturated rings. The summed E-state index contributed by atoms with van der Waals surface area (Å²) in [6.45, 7) is 3.87. The number of aliphatic imine (C=N–C) groups is 1. The summed E-state index contributed by atoms with van der Waals surface area (Å²) in [4.78, 5) is 35.1. The third kappa shape index (κ3) is 3.69. The smallest absolute Gasteiger partial charge is 0.294 e. The Bertz CT molecular complexity index is 1120. The van der Waals surface area contributed by atoms with Crippen LogP contribution in [0.15, 0.2) is 78.0 Å². The summed E-state index contributed by atoms with van der Waals surface area (Å²) in [5.74, 6) is -0.590. The Morgan fingerprint density at radius 1 is 1.06 bits per heavy atom. The van der Waals surface area contributed by atoms with Crippen LogP contribution in [-0.2, 0) is 16.6 Å². The van der Waals surface area contributed by atoms with Crippen molar-refractivity contribution in [3.8, 4) is 0 Å². The lowest BCUT2D eigenvalue weighted by Crippen LogP contribution is -2.49. The minimum atomic E-state index is -1.28. The van der Waals surface area contributed by atoms with E-state index in [0.29, 0.717) is 11.7 Å². The van der Waals surface area contributed by atoms with Gasteiger partial charge in [-0.15, -0.1) is 0 Å². The monoisotopic (exact) mass is 415 g/mol. The average Bonchev–Trinajstić information content (AvgIpc) is 3.37. The van der Waals surface area contributed by atoms with E-state index in [4.69, 9.17) is 4.74 Å². The maximum Gasteiger partial charge on any atom is 0.294 e. The molecular formula is C25H25N3O3. The Balaban J connectivity index is 1.77. The van der Waals surface area contributed by atoms with Gasteiger partial charge in [0, 0.05) is 43.3 Å². The molecular weight excluding hydrogens is 390 g/mol. The highest BCUT2D eigenvalue weighted by atomic mass is 16.5. The molecule has 6 heteroatoms. The van der Waals surface area contributed by atoms with E-state index in [1.54, 1.807) is 24.0 Å². The number of Topliss-reactive ketones (excluding diaryl/α,β-unsaturated/α-hetero) is 1. The van der Waals surface area contributed by atoms with Crippen LogP contribution in [0.1, 0.15) is 47.9 Å². The molecule has 0 unspecified atom stereocenters. The lowest BCUT2D eigenvalue weighted by molar-refractivity contribution is -0.137. The second-order valence-electron chi connectivity index (χ2n) is 8.09. The van der Waals surface area contributed by atoms with E-state index in [0.717, 1.165) is 11.1 Å². The number of ketones is 1. The van der Waals surface area contributed by atoms with Crippen LogP contribution >= 0.6 is 0 Å². The van der Waals surface area contributed by atoms with Crippen molar-refractivity contribution in [2.45, 2.75) is 31.8 Å². The number of hydrogen-bond acceptors (Lipinski definition) is 4. The number of carbonyl (C=O) groups is 2. The molecule has 0 bridgehead atoms. The molecule has 4 rings (SSSR count). The fraction of sp³-hybridized carbons (Fsp3) is 0.280. The Hall–Kier alpha value is -3.54. The van der Waals surface area contributed by atoms with Gasteiger partial charge in [-0.05, 0) is 17.7 Å². The third-order valence-electron chi connectivity index (χ3n) is 5.86. The minimum Gasteiger partial charge on any atom is -0.459 e. The summed E-state index contributed by atoms with van der Waals surface area (Å²) in [7, 11) is 1.78. The van der Waals surface area contributed by atoms with Crippen molar-refractivity contribution in [3.05, 3.63) is 90.0 Å². The molecule has 1 amide bonds. The predicted octanol–water partition coefficient (Wildman–Crippen LogP) is 4.18. The first-order valence-electron chi connectivity index (χ1n) is 10.4. The molecule has 0 saturated carbocycles. The number of hydrogen-bond donors (Lipinski definition) is 0. The molecule has 6 nitrogen and oxygen atoms in total. The summed E-state index contributed by atoms with van der Waals surface area (Å²) in [6, 6.07) is 18.9. The van der Waals surface area contributed by atoms with Crippen LogP contribution in [0, 0.1) is 5.92 Å². The molecule has 1 aliphatic rings. The van der Waals surface area contributed by atoms with Crippen molar-refractivity contribution < 1.29 is 14.3 Å². The number of nitrogens with zero attached hydrogens (tertiary/aromatic N) is 3. The van der Waals surface area contributed by atoms with Gasteiger partial charge in [-0.1, -0.05) is 62.4 Å². The van der Waals surface area contributed by atoms with Crippen molar-refractivity contribution in [2.75, 3.05) is 0 Å². The van der Waals surface area contributed by atoms with E-state index >= 15 is 0 Å². The van der Waals surface area contributed by atoms with Crippen LogP contribution < -0.4 is 0 Å². The quantitative estimate of drug-likeness (QED) is 0.543. The highest BCUT2D eigenvalue weighted by Crippen LogP contribution is 2.45. The summed E-state index contributed by atoms with van der Waals surface area (Å²) in [5, 5.41) is 0. The van der Waals surface area contributed by atoms with Crippen molar-refractivity contribution in [3.63, 3.8) is 0 Å². The lowest BCUT2D eigenvalue weighted by atomic mass is 9.72. The molecule has 158 valence electrons. The molecule has 1 aromatic heterocycles. The van der Waals surface area contributed by atoms with Crippen molar-refractivity contribution in [2.24, 2.45) is 18.0 Å². The number of aromatic nitrogens is 2. The van der Waals surface area contributed by atoms with Crippen LogP contribution in [0.4, 0.5) is 0 Å². The Labute approximate surface area is 181 Å². The molecule has 0 radical (unpaired) electrons. The Morgan fingerprint density at radius 3 is 2.29 bits per heavy atom. The van der Waals surface area contributed by atoms with E-state index in [-0.39, 0.29) is 24.0 Å². The van der Waals surface area contributed by atoms with Gasteiger partial charge in [-0.2, -0.15) is 4.99 Å². The zero-order valence-electron chi connectivity index (χ0n) is 17.9. The van der Waals surface area contributed by atoms with Gasteiger partial charge >= 0.3 is 0 Å². The summed E-state index contributed by atoms with van der Waals surface area (Å²) in [5.41, 5.74) is 0.310. The van der Waals surface area contributed by atoms with Crippen LogP contribution in [0.5, 0.6) is 0 Å². The van der Waals surface area contributed by atoms with Crippen molar-refractivity contribution >= 4 is 17.6 Å². The largest absolute Gasteiger partial charge is 0.459 e. The first kappa shape index (κ1) is 20.7. The van der Waals surface area contributed by atoms with Gasteiger partial charge in [0.1, 0.15) is 0 Å². The number of imidazole rings is 1. The first-order chi connectivity index (χ1) is 14.9. The molecule has 1 aliphatic heterocycles. The standard InChI is InChI=1S/C25H25N3O3/c1-17(2)25(24(30)27-23(31-25)19-12-8-5-9-13-19)20(18-10-6-4-7-11-18)16-21(29)22-26-14-15-28(22)3/h4-15,17,20H,16H2,1-3H3/t20-,25+/m1/s1. The van der Waals surface area contributed by atoms with Gasteiger partial charge in [0.05, 0.1) is 0 Å². The molecule has 31 heavy (non-hydrogen) atoms. The first-order valence-corrected chi connectivity index (χ1v) is 10.4. The summed E-state index contributed by atoms with van der Waals surface area (Å²) < 4.78 is 8.09. The number of amides is 1. The maximum absolute atomic E-state index is 13.4. The molecule has 2 atom stereocenters. The summed E-state index contributed by atoms with van der Waals surface area (Å²) in [6.07, 6.45) is 3.41. The SMILES string of the molecule is CC(C)[C@@]1([C@H](CC(=O)c2nccn2C)c2ccccc2)OC(c2ccccc2)=NC1=O. The van der Waals surface area contributed by atoms with E-state index in [9.17, 15) is 9.59 Å². The maximum atomic E-state index is 13.4. The fourth-order valence-electron chi connectivity index (χ4n) is 4.21. The summed E-state index contributed by atoms with van der Waals surface area (Å²) >= 11 is 0. The Morgan fingerprint density at radius 2 is 1.71 bits per heavy atom. The topological polar surface area (TPSA) is 73.6 Å². The van der Waals surface area contributed by atoms with Gasteiger partial charge < -0.3 is 9.30 Å².